The van der Waals surface area contributed by atoms with Crippen LogP contribution in [0, 0.1) is 29.3 Å². The maximum atomic E-state index is 15.1. The van der Waals surface area contributed by atoms with Gasteiger partial charge in [0.2, 0.25) is 11.8 Å². The number of rotatable bonds is 3. The number of imide groups is 1. The summed E-state index contributed by atoms with van der Waals surface area (Å²) in [5.41, 5.74) is -1.40. The lowest BCUT2D eigenvalue weighted by Crippen LogP contribution is -2.72. The van der Waals surface area contributed by atoms with E-state index in [9.17, 15) is 18.8 Å². The minimum Gasteiger partial charge on any atom is -0.334 e. The van der Waals surface area contributed by atoms with Gasteiger partial charge in [-0.25, -0.2) is 22.9 Å². The van der Waals surface area contributed by atoms with Crippen LogP contribution in [0.3, 0.4) is 0 Å². The van der Waals surface area contributed by atoms with Gasteiger partial charge in [-0.05, 0) is 37.3 Å². The van der Waals surface area contributed by atoms with E-state index in [1.54, 1.807) is 36.4 Å². The highest BCUT2D eigenvalue weighted by Gasteiger charge is 2.55. The zero-order valence-corrected chi connectivity index (χ0v) is 20.4. The molecular formula is C29H22F3N3O3. The van der Waals surface area contributed by atoms with Crippen LogP contribution in [0.1, 0.15) is 30.0 Å². The van der Waals surface area contributed by atoms with Crippen molar-refractivity contribution in [2.45, 2.75) is 25.4 Å². The van der Waals surface area contributed by atoms with Gasteiger partial charge in [-0.1, -0.05) is 48.2 Å². The molecule has 0 N–H and O–H groups in total. The first-order chi connectivity index (χ1) is 18.2. The number of carbonyl (C=O) groups excluding carboxylic acids is 3. The van der Waals surface area contributed by atoms with Gasteiger partial charge < -0.3 is 9.80 Å². The molecule has 6 nitrogen and oxygen atoms in total. The number of hydrogen-bond acceptors (Lipinski definition) is 3. The Kier molecular flexibility index (Phi) is 6.41. The number of anilines is 1. The van der Waals surface area contributed by atoms with E-state index in [0.29, 0.717) is 16.0 Å². The molecule has 192 valence electrons. The molecule has 1 atom stereocenters. The SMILES string of the molecule is C[C@@]12CC(=O)N(c3c(F)cc(C#Cc4ccccc4)cc3F)C(=O)N1CCN(Cc1ccccc1F)C2=O. The largest absolute Gasteiger partial charge is 0.334 e. The van der Waals surface area contributed by atoms with Gasteiger partial charge in [0.1, 0.15) is 17.0 Å². The number of benzene rings is 3. The number of nitrogens with zero attached hydrogens (tertiary/aromatic N) is 3. The summed E-state index contributed by atoms with van der Waals surface area (Å²) in [7, 11) is 0. The number of fused-ring (bicyclic) bond motifs is 1. The van der Waals surface area contributed by atoms with Crippen LogP contribution in [-0.2, 0) is 16.1 Å². The molecule has 0 aliphatic carbocycles. The van der Waals surface area contributed by atoms with Crippen LogP contribution in [0.4, 0.5) is 23.7 Å². The Morgan fingerprint density at radius 3 is 2.13 bits per heavy atom. The molecule has 0 spiro atoms. The van der Waals surface area contributed by atoms with Crippen LogP contribution in [0.25, 0.3) is 0 Å². The second kappa shape index (κ2) is 9.71. The average Bonchev–Trinajstić information content (AvgIpc) is 2.88. The van der Waals surface area contributed by atoms with Gasteiger partial charge >= 0.3 is 6.03 Å². The number of halogens is 3. The molecule has 0 radical (unpaired) electrons. The summed E-state index contributed by atoms with van der Waals surface area (Å²) in [6, 6.07) is 15.8. The van der Waals surface area contributed by atoms with E-state index in [0.717, 1.165) is 17.0 Å². The van der Waals surface area contributed by atoms with Crippen molar-refractivity contribution in [1.29, 1.82) is 0 Å². The Bertz CT molecular complexity index is 1490. The monoisotopic (exact) mass is 517 g/mol. The molecule has 0 bridgehead atoms. The van der Waals surface area contributed by atoms with E-state index < -0.39 is 52.9 Å². The van der Waals surface area contributed by atoms with Crippen molar-refractivity contribution < 1.29 is 27.6 Å². The molecule has 2 aliphatic rings. The van der Waals surface area contributed by atoms with Crippen molar-refractivity contribution in [2.75, 3.05) is 18.0 Å². The fourth-order valence-corrected chi connectivity index (χ4v) is 4.82. The first-order valence-corrected chi connectivity index (χ1v) is 11.9. The molecule has 38 heavy (non-hydrogen) atoms. The molecule has 0 unspecified atom stereocenters. The lowest BCUT2D eigenvalue weighted by Gasteiger charge is -2.51. The number of carbonyl (C=O) groups is 3. The lowest BCUT2D eigenvalue weighted by molar-refractivity contribution is -0.152. The van der Waals surface area contributed by atoms with E-state index in [1.807, 2.05) is 6.07 Å². The Labute approximate surface area is 217 Å². The first kappa shape index (κ1) is 25.1. The number of amides is 4. The molecule has 9 heteroatoms. The topological polar surface area (TPSA) is 60.9 Å². The molecule has 2 fully saturated rings. The minimum absolute atomic E-state index is 0.00315. The van der Waals surface area contributed by atoms with E-state index >= 15 is 8.78 Å². The Balaban J connectivity index is 1.41. The smallest absolute Gasteiger partial charge is 0.332 e. The zero-order valence-electron chi connectivity index (χ0n) is 20.4. The summed E-state index contributed by atoms with van der Waals surface area (Å²) in [4.78, 5) is 42.8. The van der Waals surface area contributed by atoms with Gasteiger partial charge in [-0.3, -0.25) is 9.59 Å². The zero-order chi connectivity index (χ0) is 27.0. The predicted octanol–water partition coefficient (Wildman–Crippen LogP) is 4.46. The van der Waals surface area contributed by atoms with Crippen molar-refractivity contribution in [1.82, 2.24) is 9.80 Å². The molecule has 5 rings (SSSR count). The van der Waals surface area contributed by atoms with Gasteiger partial charge in [-0.2, -0.15) is 0 Å². The molecule has 2 aliphatic heterocycles. The van der Waals surface area contributed by atoms with Crippen molar-refractivity contribution in [3.8, 4) is 11.8 Å². The number of hydrogen-bond donors (Lipinski definition) is 0. The standard InChI is InChI=1S/C29H22F3N3O3/c1-29-17-25(36)35(26-23(31)15-20(16-24(26)32)12-11-19-7-3-2-4-8-19)28(38)34(29)14-13-33(27(29)37)18-21-9-5-6-10-22(21)30/h2-10,15-16H,13-14,17-18H2,1H3/t29-/m0/s1. The maximum absolute atomic E-state index is 15.1. The van der Waals surface area contributed by atoms with Crippen molar-refractivity contribution in [2.24, 2.45) is 0 Å². The number of piperazine rings is 1. The average molecular weight is 518 g/mol. The summed E-state index contributed by atoms with van der Waals surface area (Å²) in [6.45, 7) is 1.47. The first-order valence-electron chi connectivity index (χ1n) is 11.9. The second-order valence-corrected chi connectivity index (χ2v) is 9.34. The number of urea groups is 1. The molecule has 0 aromatic heterocycles. The highest BCUT2D eigenvalue weighted by molar-refractivity contribution is 6.19. The van der Waals surface area contributed by atoms with Gasteiger partial charge in [0.05, 0.1) is 6.42 Å². The van der Waals surface area contributed by atoms with E-state index in [1.165, 1.54) is 24.0 Å². The third-order valence-electron chi connectivity index (χ3n) is 6.79. The Morgan fingerprint density at radius 1 is 0.816 bits per heavy atom. The van der Waals surface area contributed by atoms with E-state index in [-0.39, 0.29) is 25.2 Å². The minimum atomic E-state index is -1.57. The second-order valence-electron chi connectivity index (χ2n) is 9.34. The van der Waals surface area contributed by atoms with Crippen LogP contribution in [0.2, 0.25) is 0 Å². The molecular weight excluding hydrogens is 495 g/mol. The van der Waals surface area contributed by atoms with E-state index in [4.69, 9.17) is 0 Å². The molecule has 3 aromatic rings. The van der Waals surface area contributed by atoms with Crippen LogP contribution in [-0.4, -0.2) is 46.3 Å². The fourth-order valence-electron chi connectivity index (χ4n) is 4.82. The van der Waals surface area contributed by atoms with Crippen LogP contribution >= 0.6 is 0 Å². The van der Waals surface area contributed by atoms with Gasteiger partial charge in [0.15, 0.2) is 11.6 Å². The van der Waals surface area contributed by atoms with Crippen LogP contribution < -0.4 is 4.90 Å². The molecule has 4 amide bonds. The van der Waals surface area contributed by atoms with Crippen molar-refractivity contribution >= 4 is 23.5 Å². The van der Waals surface area contributed by atoms with Crippen LogP contribution in [0.5, 0.6) is 0 Å². The summed E-state index contributed by atoms with van der Waals surface area (Å²) < 4.78 is 44.4. The van der Waals surface area contributed by atoms with Crippen LogP contribution in [0.15, 0.2) is 66.7 Å². The van der Waals surface area contributed by atoms with Crippen molar-refractivity contribution in [3.63, 3.8) is 0 Å². The van der Waals surface area contributed by atoms with Gasteiger partial charge in [-0.15, -0.1) is 0 Å². The highest BCUT2D eigenvalue weighted by Crippen LogP contribution is 2.37. The van der Waals surface area contributed by atoms with Gasteiger partial charge in [0.25, 0.3) is 0 Å². The molecule has 0 saturated carbocycles. The maximum Gasteiger partial charge on any atom is 0.332 e. The van der Waals surface area contributed by atoms with E-state index in [2.05, 4.69) is 11.8 Å². The Hall–Kier alpha value is -4.58. The summed E-state index contributed by atoms with van der Waals surface area (Å²) in [5, 5.41) is 0. The molecule has 3 aromatic carbocycles. The Morgan fingerprint density at radius 2 is 1.45 bits per heavy atom. The normalized spacial score (nSPS) is 19.3. The van der Waals surface area contributed by atoms with Gasteiger partial charge in [0, 0.05) is 36.3 Å². The van der Waals surface area contributed by atoms with Crippen molar-refractivity contribution in [3.05, 3.63) is 101 Å². The quantitative estimate of drug-likeness (QED) is 0.482. The molecule has 2 heterocycles. The lowest BCUT2D eigenvalue weighted by atomic mass is 9.88. The summed E-state index contributed by atoms with van der Waals surface area (Å²) in [5.74, 6) is 1.28. The predicted molar refractivity (Wildman–Crippen MR) is 133 cm³/mol. The molecule has 2 saturated heterocycles. The summed E-state index contributed by atoms with van der Waals surface area (Å²) in [6.07, 6.45) is -0.486. The third-order valence-corrected chi connectivity index (χ3v) is 6.79. The third kappa shape index (κ3) is 4.39. The highest BCUT2D eigenvalue weighted by atomic mass is 19.1. The fraction of sp³-hybridized carbons (Fsp3) is 0.207. The summed E-state index contributed by atoms with van der Waals surface area (Å²) >= 11 is 0.